The molecule has 2 aromatic carbocycles. The number of halogens is 1. The number of nitrogens with one attached hydrogen (secondary N) is 3. The molecule has 0 atom stereocenters. The molecule has 0 aliphatic heterocycles. The number of anilines is 4. The summed E-state index contributed by atoms with van der Waals surface area (Å²) in [6.07, 6.45) is 2.85. The highest BCUT2D eigenvalue weighted by molar-refractivity contribution is 5.93. The molecule has 9 nitrogen and oxygen atoms in total. The summed E-state index contributed by atoms with van der Waals surface area (Å²) in [5.74, 6) is -0.111. The van der Waals surface area contributed by atoms with Crippen molar-refractivity contribution < 1.29 is 4.39 Å². The summed E-state index contributed by atoms with van der Waals surface area (Å²) in [4.78, 5) is 10.1. The maximum absolute atomic E-state index is 14.5. The standard InChI is InChI=1S/C18H14FN9/c1-28(16-4-2-3-13-11(16)8-21-24-13)17-12(19)9-20-18(23-17)22-10-5-6-14-15(7-10)26-27-25-14/h2-9H,1H3,(H,21,24)(H,20,22,23)(H,25,26,27). The molecular formula is C18H14FN9. The second kappa shape index (κ2) is 6.27. The van der Waals surface area contributed by atoms with Crippen molar-refractivity contribution in [2.75, 3.05) is 17.3 Å². The van der Waals surface area contributed by atoms with Gasteiger partial charge in [0.05, 0.1) is 23.6 Å². The molecule has 0 unspecified atom stereocenters. The van der Waals surface area contributed by atoms with Crippen LogP contribution in [-0.4, -0.2) is 42.6 Å². The molecule has 0 saturated carbocycles. The van der Waals surface area contributed by atoms with Gasteiger partial charge < -0.3 is 10.2 Å². The minimum Gasteiger partial charge on any atom is -0.326 e. The van der Waals surface area contributed by atoms with Crippen LogP contribution >= 0.6 is 0 Å². The molecule has 5 rings (SSSR count). The van der Waals surface area contributed by atoms with E-state index in [1.807, 2.05) is 30.3 Å². The predicted molar refractivity (Wildman–Crippen MR) is 103 cm³/mol. The summed E-state index contributed by atoms with van der Waals surface area (Å²) in [6, 6.07) is 11.1. The second-order valence-electron chi connectivity index (χ2n) is 6.18. The van der Waals surface area contributed by atoms with Crippen LogP contribution in [0.15, 0.2) is 48.8 Å². The number of fused-ring (bicyclic) bond motifs is 2. The molecule has 0 saturated heterocycles. The average Bonchev–Trinajstić information content (AvgIpc) is 3.37. The SMILES string of the molecule is CN(c1nc(Nc2ccc3n[nH]nc3c2)ncc1F)c1cccc2[nH]ncc12. The Morgan fingerprint density at radius 1 is 1.07 bits per heavy atom. The normalized spacial score (nSPS) is 11.2. The molecule has 0 fully saturated rings. The summed E-state index contributed by atoms with van der Waals surface area (Å²) < 4.78 is 14.5. The first kappa shape index (κ1) is 16.1. The van der Waals surface area contributed by atoms with Gasteiger partial charge in [-0.2, -0.15) is 25.5 Å². The molecule has 10 heteroatoms. The van der Waals surface area contributed by atoms with Crippen LogP contribution in [0.2, 0.25) is 0 Å². The fourth-order valence-electron chi connectivity index (χ4n) is 3.06. The number of rotatable bonds is 4. The van der Waals surface area contributed by atoms with Gasteiger partial charge >= 0.3 is 0 Å². The molecule has 0 aliphatic rings. The van der Waals surface area contributed by atoms with Gasteiger partial charge in [0.2, 0.25) is 5.95 Å². The van der Waals surface area contributed by atoms with Gasteiger partial charge in [0.15, 0.2) is 11.6 Å². The van der Waals surface area contributed by atoms with Gasteiger partial charge in [0.1, 0.15) is 11.0 Å². The number of hydrogen-bond donors (Lipinski definition) is 3. The van der Waals surface area contributed by atoms with E-state index in [1.165, 1.54) is 0 Å². The summed E-state index contributed by atoms with van der Waals surface area (Å²) in [6.45, 7) is 0. The Kier molecular flexibility index (Phi) is 3.61. The minimum absolute atomic E-state index is 0.147. The molecule has 0 radical (unpaired) electrons. The highest BCUT2D eigenvalue weighted by Gasteiger charge is 2.16. The highest BCUT2D eigenvalue weighted by atomic mass is 19.1. The van der Waals surface area contributed by atoms with E-state index in [1.54, 1.807) is 24.2 Å². The summed E-state index contributed by atoms with van der Waals surface area (Å²) >= 11 is 0. The molecule has 0 spiro atoms. The van der Waals surface area contributed by atoms with E-state index in [2.05, 4.69) is 40.9 Å². The van der Waals surface area contributed by atoms with Gasteiger partial charge in [-0.25, -0.2) is 9.37 Å². The molecule has 0 amide bonds. The Hall–Kier alpha value is -4.08. The highest BCUT2D eigenvalue weighted by Crippen LogP contribution is 2.31. The van der Waals surface area contributed by atoms with E-state index in [0.717, 1.165) is 34.0 Å². The first-order chi connectivity index (χ1) is 13.7. The average molecular weight is 375 g/mol. The molecule has 3 N–H and O–H groups in total. The maximum atomic E-state index is 14.5. The summed E-state index contributed by atoms with van der Waals surface area (Å²) in [5.41, 5.74) is 3.81. The Labute approximate surface area is 157 Å². The number of hydrogen-bond acceptors (Lipinski definition) is 7. The Morgan fingerprint density at radius 2 is 1.96 bits per heavy atom. The lowest BCUT2D eigenvalue weighted by molar-refractivity contribution is 0.614. The molecule has 3 heterocycles. The number of aromatic amines is 2. The van der Waals surface area contributed by atoms with Crippen LogP contribution < -0.4 is 10.2 Å². The van der Waals surface area contributed by atoms with E-state index < -0.39 is 5.82 Å². The van der Waals surface area contributed by atoms with Crippen LogP contribution in [-0.2, 0) is 0 Å². The zero-order valence-corrected chi connectivity index (χ0v) is 14.7. The van der Waals surface area contributed by atoms with E-state index in [0.29, 0.717) is 5.52 Å². The van der Waals surface area contributed by atoms with Crippen molar-refractivity contribution >= 4 is 45.1 Å². The van der Waals surface area contributed by atoms with Gasteiger partial charge in [-0.05, 0) is 30.3 Å². The van der Waals surface area contributed by atoms with Crippen LogP contribution in [0.5, 0.6) is 0 Å². The lowest BCUT2D eigenvalue weighted by Gasteiger charge is -2.20. The number of H-pyrrole nitrogens is 2. The fourth-order valence-corrected chi connectivity index (χ4v) is 3.06. The maximum Gasteiger partial charge on any atom is 0.229 e. The van der Waals surface area contributed by atoms with E-state index in [9.17, 15) is 4.39 Å². The lowest BCUT2D eigenvalue weighted by atomic mass is 10.2. The molecule has 5 aromatic rings. The smallest absolute Gasteiger partial charge is 0.229 e. The largest absolute Gasteiger partial charge is 0.326 e. The van der Waals surface area contributed by atoms with E-state index >= 15 is 0 Å². The van der Waals surface area contributed by atoms with Crippen LogP contribution in [0.1, 0.15) is 0 Å². The Bertz CT molecular complexity index is 1290. The zero-order chi connectivity index (χ0) is 19.1. The zero-order valence-electron chi connectivity index (χ0n) is 14.7. The molecular weight excluding hydrogens is 361 g/mol. The third kappa shape index (κ3) is 2.67. The molecule has 138 valence electrons. The van der Waals surface area contributed by atoms with Crippen molar-refractivity contribution in [3.05, 3.63) is 54.6 Å². The first-order valence-electron chi connectivity index (χ1n) is 8.45. The molecule has 0 bridgehead atoms. The number of nitrogens with zero attached hydrogens (tertiary/aromatic N) is 6. The minimum atomic E-state index is -0.527. The van der Waals surface area contributed by atoms with E-state index in [4.69, 9.17) is 0 Å². The topological polar surface area (TPSA) is 111 Å². The second-order valence-corrected chi connectivity index (χ2v) is 6.18. The lowest BCUT2D eigenvalue weighted by Crippen LogP contribution is -2.15. The van der Waals surface area contributed by atoms with Crippen LogP contribution in [0.3, 0.4) is 0 Å². The third-order valence-electron chi connectivity index (χ3n) is 4.44. The first-order valence-corrected chi connectivity index (χ1v) is 8.45. The van der Waals surface area contributed by atoms with Crippen molar-refractivity contribution in [3.63, 3.8) is 0 Å². The number of benzene rings is 2. The van der Waals surface area contributed by atoms with Crippen molar-refractivity contribution in [2.24, 2.45) is 0 Å². The molecule has 3 aromatic heterocycles. The number of aromatic nitrogens is 7. The van der Waals surface area contributed by atoms with Crippen molar-refractivity contribution in [1.82, 2.24) is 35.6 Å². The van der Waals surface area contributed by atoms with Gasteiger partial charge in [-0.1, -0.05) is 6.07 Å². The van der Waals surface area contributed by atoms with Crippen molar-refractivity contribution in [1.29, 1.82) is 0 Å². The van der Waals surface area contributed by atoms with Gasteiger partial charge in [-0.3, -0.25) is 5.10 Å². The van der Waals surface area contributed by atoms with Crippen molar-refractivity contribution in [2.45, 2.75) is 0 Å². The quantitative estimate of drug-likeness (QED) is 0.442. The molecule has 28 heavy (non-hydrogen) atoms. The fraction of sp³-hybridized carbons (Fsp3) is 0.0556. The van der Waals surface area contributed by atoms with Crippen LogP contribution in [0.4, 0.5) is 27.5 Å². The van der Waals surface area contributed by atoms with Crippen LogP contribution in [0.25, 0.3) is 21.9 Å². The van der Waals surface area contributed by atoms with E-state index in [-0.39, 0.29) is 11.8 Å². The molecule has 0 aliphatic carbocycles. The van der Waals surface area contributed by atoms with Gasteiger partial charge in [0, 0.05) is 18.1 Å². The third-order valence-corrected chi connectivity index (χ3v) is 4.44. The summed E-state index contributed by atoms with van der Waals surface area (Å²) in [5, 5.41) is 21.5. The Morgan fingerprint density at radius 3 is 2.89 bits per heavy atom. The monoisotopic (exact) mass is 375 g/mol. The Balaban J connectivity index is 1.50. The van der Waals surface area contributed by atoms with Crippen molar-refractivity contribution in [3.8, 4) is 0 Å². The van der Waals surface area contributed by atoms with Gasteiger partial charge in [-0.15, -0.1) is 0 Å². The predicted octanol–water partition coefficient (Wildman–Crippen LogP) is 3.27. The van der Waals surface area contributed by atoms with Crippen LogP contribution in [0, 0.1) is 5.82 Å². The summed E-state index contributed by atoms with van der Waals surface area (Å²) in [7, 11) is 1.75. The van der Waals surface area contributed by atoms with Gasteiger partial charge in [0.25, 0.3) is 0 Å².